The van der Waals surface area contributed by atoms with E-state index in [0.29, 0.717) is 12.5 Å². The highest BCUT2D eigenvalue weighted by atomic mass is 16.5. The number of allylic oxidation sites excluding steroid dienone is 4. The van der Waals surface area contributed by atoms with Crippen molar-refractivity contribution in [1.82, 2.24) is 0 Å². The van der Waals surface area contributed by atoms with E-state index in [1.165, 1.54) is 11.1 Å². The smallest absolute Gasteiger partial charge is 0.0644 e. The highest BCUT2D eigenvalue weighted by Gasteiger charge is 2.10. The summed E-state index contributed by atoms with van der Waals surface area (Å²) in [6.07, 6.45) is 11.9. The molecule has 1 heteroatoms. The van der Waals surface area contributed by atoms with E-state index in [-0.39, 0.29) is 0 Å². The van der Waals surface area contributed by atoms with Crippen LogP contribution in [0.4, 0.5) is 0 Å². The summed E-state index contributed by atoms with van der Waals surface area (Å²) in [6.45, 7) is 12.7. The van der Waals surface area contributed by atoms with Crippen molar-refractivity contribution in [2.45, 2.75) is 25.7 Å². The van der Waals surface area contributed by atoms with Gasteiger partial charge in [0.25, 0.3) is 0 Å². The van der Waals surface area contributed by atoms with Crippen molar-refractivity contribution in [3.8, 4) is 0 Å². The maximum absolute atomic E-state index is 5.68. The largest absolute Gasteiger partial charge is 0.377 e. The van der Waals surface area contributed by atoms with Crippen molar-refractivity contribution in [3.63, 3.8) is 0 Å². The lowest BCUT2D eigenvalue weighted by atomic mass is 9.93. The van der Waals surface area contributed by atoms with Crippen LogP contribution in [-0.2, 0) is 11.2 Å². The first-order valence-corrected chi connectivity index (χ1v) is 7.96. The minimum atomic E-state index is 0.549. The molecule has 0 aliphatic rings. The number of hydrogen-bond acceptors (Lipinski definition) is 1. The molecule has 22 heavy (non-hydrogen) atoms. The van der Waals surface area contributed by atoms with Gasteiger partial charge in [0, 0.05) is 6.61 Å². The van der Waals surface area contributed by atoms with Gasteiger partial charge in [-0.25, -0.2) is 0 Å². The molecular weight excluding hydrogens is 268 g/mol. The van der Waals surface area contributed by atoms with Gasteiger partial charge in [0.05, 0.1) is 6.61 Å². The van der Waals surface area contributed by atoms with E-state index in [2.05, 4.69) is 50.1 Å². The maximum Gasteiger partial charge on any atom is 0.0644 e. The second-order valence-corrected chi connectivity index (χ2v) is 5.44. The van der Waals surface area contributed by atoms with Crippen molar-refractivity contribution in [2.75, 3.05) is 13.2 Å². The number of aryl methyl sites for hydroxylation is 1. The molecule has 1 aromatic rings. The number of ether oxygens (including phenoxy) is 1. The SMILES string of the molecule is C=C/C=C(\C=C)CCC(CCc1ccccc1)COCC=C. The Morgan fingerprint density at radius 1 is 1.09 bits per heavy atom. The summed E-state index contributed by atoms with van der Waals surface area (Å²) >= 11 is 0. The minimum Gasteiger partial charge on any atom is -0.377 e. The van der Waals surface area contributed by atoms with Crippen LogP contribution in [-0.4, -0.2) is 13.2 Å². The molecule has 0 saturated heterocycles. The van der Waals surface area contributed by atoms with Crippen molar-refractivity contribution in [2.24, 2.45) is 5.92 Å². The molecule has 1 atom stereocenters. The first kappa shape index (κ1) is 18.2. The Labute approximate surface area is 135 Å². The van der Waals surface area contributed by atoms with E-state index in [9.17, 15) is 0 Å². The average molecular weight is 296 g/mol. The zero-order valence-corrected chi connectivity index (χ0v) is 13.5. The average Bonchev–Trinajstić information content (AvgIpc) is 2.56. The summed E-state index contributed by atoms with van der Waals surface area (Å²) in [5.74, 6) is 0.549. The molecule has 1 rings (SSSR count). The van der Waals surface area contributed by atoms with E-state index in [1.54, 1.807) is 6.08 Å². The number of hydrogen-bond donors (Lipinski definition) is 0. The Morgan fingerprint density at radius 2 is 1.86 bits per heavy atom. The summed E-state index contributed by atoms with van der Waals surface area (Å²) in [4.78, 5) is 0. The molecule has 0 aliphatic carbocycles. The third-order valence-electron chi connectivity index (χ3n) is 3.71. The highest BCUT2D eigenvalue weighted by molar-refractivity contribution is 5.21. The number of benzene rings is 1. The zero-order chi connectivity index (χ0) is 16.0. The van der Waals surface area contributed by atoms with E-state index in [4.69, 9.17) is 4.74 Å². The van der Waals surface area contributed by atoms with Crippen LogP contribution in [0.1, 0.15) is 24.8 Å². The molecule has 0 saturated carbocycles. The summed E-state index contributed by atoms with van der Waals surface area (Å²) in [6, 6.07) is 10.6. The van der Waals surface area contributed by atoms with Crippen molar-refractivity contribution in [1.29, 1.82) is 0 Å². The predicted octanol–water partition coefficient (Wildman–Crippen LogP) is 5.52. The van der Waals surface area contributed by atoms with Crippen LogP contribution in [0.5, 0.6) is 0 Å². The Morgan fingerprint density at radius 3 is 2.50 bits per heavy atom. The van der Waals surface area contributed by atoms with E-state index >= 15 is 0 Å². The van der Waals surface area contributed by atoms with Crippen molar-refractivity contribution in [3.05, 3.63) is 85.5 Å². The summed E-state index contributed by atoms with van der Waals surface area (Å²) in [7, 11) is 0. The third-order valence-corrected chi connectivity index (χ3v) is 3.71. The van der Waals surface area contributed by atoms with Crippen LogP contribution < -0.4 is 0 Å². The fraction of sp³-hybridized carbons (Fsp3) is 0.333. The van der Waals surface area contributed by atoms with Gasteiger partial charge in [0.2, 0.25) is 0 Å². The van der Waals surface area contributed by atoms with Crippen LogP contribution in [0.2, 0.25) is 0 Å². The topological polar surface area (TPSA) is 9.23 Å². The maximum atomic E-state index is 5.68. The summed E-state index contributed by atoms with van der Waals surface area (Å²) in [5.41, 5.74) is 2.63. The molecule has 0 bridgehead atoms. The van der Waals surface area contributed by atoms with Crippen molar-refractivity contribution >= 4 is 0 Å². The molecule has 1 unspecified atom stereocenters. The third kappa shape index (κ3) is 7.80. The molecule has 0 fully saturated rings. The fourth-order valence-electron chi connectivity index (χ4n) is 2.42. The van der Waals surface area contributed by atoms with E-state index in [1.807, 2.05) is 18.2 Å². The van der Waals surface area contributed by atoms with Crippen LogP contribution in [0.3, 0.4) is 0 Å². The summed E-state index contributed by atoms with van der Waals surface area (Å²) < 4.78 is 5.68. The molecule has 0 aromatic heterocycles. The monoisotopic (exact) mass is 296 g/mol. The number of rotatable bonds is 12. The molecule has 1 nitrogen and oxygen atoms in total. The molecule has 1 aromatic carbocycles. The van der Waals surface area contributed by atoms with Gasteiger partial charge in [-0.05, 0) is 42.7 Å². The lowest BCUT2D eigenvalue weighted by Crippen LogP contribution is -2.11. The van der Waals surface area contributed by atoms with Gasteiger partial charge < -0.3 is 4.74 Å². The Bertz CT molecular complexity index is 470. The standard InChI is InChI=1S/C21H28O/c1-4-10-19(6-3)13-15-21(18-22-17-5-2)16-14-20-11-8-7-9-12-20/h4-12,21H,1-3,13-18H2/b19-10+. The van der Waals surface area contributed by atoms with E-state index in [0.717, 1.165) is 32.3 Å². The molecule has 0 amide bonds. The van der Waals surface area contributed by atoms with Crippen LogP contribution in [0, 0.1) is 5.92 Å². The summed E-state index contributed by atoms with van der Waals surface area (Å²) in [5, 5.41) is 0. The first-order chi connectivity index (χ1) is 10.8. The normalized spacial score (nSPS) is 12.6. The molecular formula is C21H28O. The van der Waals surface area contributed by atoms with Crippen LogP contribution in [0.15, 0.2) is 79.9 Å². The van der Waals surface area contributed by atoms with Gasteiger partial charge >= 0.3 is 0 Å². The van der Waals surface area contributed by atoms with Crippen LogP contribution in [0.25, 0.3) is 0 Å². The quantitative estimate of drug-likeness (QED) is 0.280. The fourth-order valence-corrected chi connectivity index (χ4v) is 2.42. The first-order valence-electron chi connectivity index (χ1n) is 7.96. The van der Waals surface area contributed by atoms with Gasteiger partial charge in [-0.1, -0.05) is 67.8 Å². The molecule has 118 valence electrons. The van der Waals surface area contributed by atoms with Gasteiger partial charge in [-0.15, -0.1) is 6.58 Å². The Balaban J connectivity index is 2.50. The van der Waals surface area contributed by atoms with Crippen LogP contribution >= 0.6 is 0 Å². The second kappa shape index (κ2) is 11.8. The minimum absolute atomic E-state index is 0.549. The lowest BCUT2D eigenvalue weighted by Gasteiger charge is -2.17. The zero-order valence-electron chi connectivity index (χ0n) is 13.5. The molecule has 0 spiro atoms. The molecule has 0 aliphatic heterocycles. The van der Waals surface area contributed by atoms with Gasteiger partial charge in [-0.3, -0.25) is 0 Å². The van der Waals surface area contributed by atoms with Crippen molar-refractivity contribution < 1.29 is 4.74 Å². The predicted molar refractivity (Wildman–Crippen MR) is 97.0 cm³/mol. The Hall–Kier alpha value is -1.86. The molecule has 0 N–H and O–H groups in total. The highest BCUT2D eigenvalue weighted by Crippen LogP contribution is 2.19. The van der Waals surface area contributed by atoms with Gasteiger partial charge in [0.1, 0.15) is 0 Å². The second-order valence-electron chi connectivity index (χ2n) is 5.44. The van der Waals surface area contributed by atoms with Gasteiger partial charge in [-0.2, -0.15) is 0 Å². The molecule has 0 radical (unpaired) electrons. The van der Waals surface area contributed by atoms with Gasteiger partial charge in [0.15, 0.2) is 0 Å². The molecule has 0 heterocycles. The van der Waals surface area contributed by atoms with E-state index < -0.39 is 0 Å². The lowest BCUT2D eigenvalue weighted by molar-refractivity contribution is 0.115. The Kier molecular flexibility index (Phi) is 9.73.